The largest absolute Gasteiger partial charge is 0.493 e. The van der Waals surface area contributed by atoms with E-state index in [4.69, 9.17) is 42.1 Å². The van der Waals surface area contributed by atoms with Crippen molar-refractivity contribution in [1.29, 1.82) is 0 Å². The molecule has 4 fully saturated rings. The molecule has 1 N–H and O–H groups in total. The summed E-state index contributed by atoms with van der Waals surface area (Å²) < 4.78 is 100. The van der Waals surface area contributed by atoms with Crippen molar-refractivity contribution in [1.82, 2.24) is 15.1 Å². The molecule has 0 aromatic heterocycles. The first-order chi connectivity index (χ1) is 31.2. The van der Waals surface area contributed by atoms with Gasteiger partial charge < -0.3 is 39.0 Å². The fraction of sp³-hybridized carbons (Fsp3) is 0.529. The van der Waals surface area contributed by atoms with E-state index in [2.05, 4.69) is 35.9 Å². The number of morpholine rings is 2. The molecule has 0 bridgehead atoms. The lowest BCUT2D eigenvalue weighted by Gasteiger charge is -2.39. The van der Waals surface area contributed by atoms with E-state index in [1.807, 2.05) is 48.5 Å². The number of nitrogens with one attached hydrogen (secondary N) is 1. The molecule has 68 heavy (non-hydrogen) atoms. The second-order valence-corrected chi connectivity index (χ2v) is 18.5. The Hall–Kier alpha value is -3.28. The Bertz CT molecular complexity index is 1960. The van der Waals surface area contributed by atoms with Crippen molar-refractivity contribution in [2.24, 2.45) is 11.8 Å². The zero-order chi connectivity index (χ0) is 46.2. The lowest BCUT2D eigenvalue weighted by atomic mass is 9.98. The molecule has 0 saturated carbocycles. The van der Waals surface area contributed by atoms with Crippen molar-refractivity contribution in [3.63, 3.8) is 0 Å². The Morgan fingerprint density at radius 3 is 1.49 bits per heavy atom. The minimum absolute atomic E-state index is 0. The molecular formula is C51H69BrCl2F6N4O4. The number of hydrogen-bond acceptors (Lipinski definition) is 8. The van der Waals surface area contributed by atoms with Crippen LogP contribution >= 0.6 is 39.1 Å². The second kappa shape index (κ2) is 29.2. The van der Waals surface area contributed by atoms with Gasteiger partial charge in [0.1, 0.15) is 11.5 Å². The highest BCUT2D eigenvalue weighted by Gasteiger charge is 2.32. The summed E-state index contributed by atoms with van der Waals surface area (Å²) in [4.78, 5) is 7.15. The highest BCUT2D eigenvalue weighted by atomic mass is 79.9. The summed E-state index contributed by atoms with van der Waals surface area (Å²) in [7, 11) is 0. The quantitative estimate of drug-likeness (QED) is 0.149. The van der Waals surface area contributed by atoms with Gasteiger partial charge in [0.2, 0.25) is 0 Å². The normalized spacial score (nSPS) is 21.2. The smallest absolute Gasteiger partial charge is 0.416 e. The molecule has 4 aromatic rings. The summed E-state index contributed by atoms with van der Waals surface area (Å²) in [5.41, 5.74) is -0.150. The standard InChI is InChI=1S/C24H28ClF3N2O2.C18H25F3N2O2.C6H4BrCl.3CH4/c25-20-5-7-21(8-6-20)30-12-13-31-23(16-30)15-29-11-1-2-18(14-29)17-32-22-9-3-19(4-10-22)24(26,27)28;19-18(20,21)15-3-5-16(6-4-15)25-13-14-2-1-8-23(11-14)12-17-10-22-7-9-24-17;7-5-1-3-6(8)4-2-5;;;/h3-10,18,23H,1-2,11-17H2;3-6,14,17,22H,1-2,7-13H2;1-4H;3*1H4. The number of likely N-dealkylation sites (tertiary alicyclic amines) is 2. The van der Waals surface area contributed by atoms with Crippen molar-refractivity contribution >= 4 is 44.8 Å². The van der Waals surface area contributed by atoms with Crippen LogP contribution in [0.2, 0.25) is 10.0 Å². The molecule has 4 unspecified atom stereocenters. The summed E-state index contributed by atoms with van der Waals surface area (Å²) in [5, 5.41) is 4.85. The topological polar surface area (TPSA) is 58.7 Å². The number of piperidine rings is 2. The zero-order valence-corrected chi connectivity index (χ0v) is 39.2. The van der Waals surface area contributed by atoms with E-state index in [1.165, 1.54) is 24.3 Å². The van der Waals surface area contributed by atoms with E-state index in [0.717, 1.165) is 142 Å². The third kappa shape index (κ3) is 20.2. The number of halogens is 9. The van der Waals surface area contributed by atoms with Gasteiger partial charge in [-0.25, -0.2) is 0 Å². The Labute approximate surface area is 418 Å². The number of alkyl halides is 6. The molecule has 4 aliphatic heterocycles. The zero-order valence-electron chi connectivity index (χ0n) is 36.2. The second-order valence-electron chi connectivity index (χ2n) is 16.8. The molecule has 0 aliphatic carbocycles. The minimum atomic E-state index is -4.33. The van der Waals surface area contributed by atoms with Crippen molar-refractivity contribution in [3.8, 4) is 11.5 Å². The van der Waals surface area contributed by atoms with E-state index in [9.17, 15) is 26.3 Å². The Kier molecular flexibility index (Phi) is 25.3. The lowest BCUT2D eigenvalue weighted by Crippen LogP contribution is -2.49. The fourth-order valence-corrected chi connectivity index (χ4v) is 8.79. The summed E-state index contributed by atoms with van der Waals surface area (Å²) in [6.07, 6.45) is -3.93. The van der Waals surface area contributed by atoms with Crippen LogP contribution in [0.1, 0.15) is 59.1 Å². The molecule has 8 rings (SSSR count). The van der Waals surface area contributed by atoms with E-state index >= 15 is 0 Å². The molecular weight excluding hydrogens is 997 g/mol. The SMILES string of the molecule is C.C.C.Clc1ccc(Br)cc1.FC(F)(F)c1ccc(OCC2CCCN(CC3CN(c4ccc(Cl)cc4)CCO3)C2)cc1.FC(F)(F)c1ccc(OCC2CCCN(CC3CNCCO3)C2)cc1. The number of nitrogens with zero attached hydrogens (tertiary/aromatic N) is 3. The Morgan fingerprint density at radius 2 is 1.04 bits per heavy atom. The highest BCUT2D eigenvalue weighted by Crippen LogP contribution is 2.32. The maximum absolute atomic E-state index is 12.7. The molecule has 4 saturated heterocycles. The number of ether oxygens (including phenoxy) is 4. The average molecular weight is 1070 g/mol. The maximum atomic E-state index is 12.7. The molecule has 4 aliphatic rings. The first-order valence-corrected chi connectivity index (χ1v) is 23.6. The molecule has 17 heteroatoms. The predicted molar refractivity (Wildman–Crippen MR) is 268 cm³/mol. The van der Waals surface area contributed by atoms with Crippen LogP contribution in [-0.2, 0) is 21.8 Å². The third-order valence-corrected chi connectivity index (χ3v) is 12.6. The van der Waals surface area contributed by atoms with Crippen LogP contribution in [0.5, 0.6) is 11.5 Å². The van der Waals surface area contributed by atoms with Crippen LogP contribution in [0.15, 0.2) is 102 Å². The highest BCUT2D eigenvalue weighted by molar-refractivity contribution is 9.10. The van der Waals surface area contributed by atoms with E-state index in [1.54, 1.807) is 0 Å². The van der Waals surface area contributed by atoms with E-state index in [-0.39, 0.29) is 34.5 Å². The molecule has 4 aromatic carbocycles. The Morgan fingerprint density at radius 1 is 0.588 bits per heavy atom. The predicted octanol–water partition coefficient (Wildman–Crippen LogP) is 13.2. The molecule has 4 heterocycles. The molecule has 8 nitrogen and oxygen atoms in total. The van der Waals surface area contributed by atoms with Crippen molar-refractivity contribution in [2.75, 3.05) is 96.8 Å². The molecule has 0 spiro atoms. The lowest BCUT2D eigenvalue weighted by molar-refractivity contribution is -0.138. The van der Waals surface area contributed by atoms with Gasteiger partial charge in [0, 0.05) is 84.4 Å². The van der Waals surface area contributed by atoms with Gasteiger partial charge in [0.25, 0.3) is 0 Å². The van der Waals surface area contributed by atoms with Crippen LogP contribution in [0.25, 0.3) is 0 Å². The van der Waals surface area contributed by atoms with Crippen molar-refractivity contribution < 1.29 is 45.3 Å². The van der Waals surface area contributed by atoms with Gasteiger partial charge in [0.15, 0.2) is 0 Å². The summed E-state index contributed by atoms with van der Waals surface area (Å²) in [5.74, 6) is 1.71. The van der Waals surface area contributed by atoms with Gasteiger partial charge >= 0.3 is 12.4 Å². The van der Waals surface area contributed by atoms with Gasteiger partial charge in [-0.1, -0.05) is 61.4 Å². The monoisotopic (exact) mass is 1060 g/mol. The summed E-state index contributed by atoms with van der Waals surface area (Å²) >= 11 is 14.9. The first kappa shape index (κ1) is 59.0. The average Bonchev–Trinajstić information content (AvgIpc) is 3.30. The van der Waals surface area contributed by atoms with Gasteiger partial charge in [-0.15, -0.1) is 0 Å². The summed E-state index contributed by atoms with van der Waals surface area (Å²) in [6, 6.07) is 25.2. The molecule has 0 amide bonds. The van der Waals surface area contributed by atoms with Crippen molar-refractivity contribution in [3.05, 3.63) is 123 Å². The fourth-order valence-electron chi connectivity index (χ4n) is 8.27. The van der Waals surface area contributed by atoms with Gasteiger partial charge in [-0.05, 0) is 136 Å². The van der Waals surface area contributed by atoms with Crippen LogP contribution in [0.3, 0.4) is 0 Å². The molecule has 380 valence electrons. The van der Waals surface area contributed by atoms with Gasteiger partial charge in [-0.2, -0.15) is 26.3 Å². The van der Waals surface area contributed by atoms with E-state index in [0.29, 0.717) is 43.2 Å². The van der Waals surface area contributed by atoms with Crippen LogP contribution in [0, 0.1) is 11.8 Å². The first-order valence-electron chi connectivity index (χ1n) is 22.1. The van der Waals surface area contributed by atoms with Gasteiger partial charge in [-0.3, -0.25) is 0 Å². The van der Waals surface area contributed by atoms with Crippen molar-refractivity contribution in [2.45, 2.75) is 72.5 Å². The Balaban J connectivity index is 0.000000303. The van der Waals surface area contributed by atoms with Gasteiger partial charge in [0.05, 0.1) is 49.8 Å². The summed E-state index contributed by atoms with van der Waals surface area (Å²) in [6.45, 7) is 11.7. The maximum Gasteiger partial charge on any atom is 0.416 e. The molecule has 0 radical (unpaired) electrons. The number of rotatable bonds is 11. The van der Waals surface area contributed by atoms with Crippen LogP contribution in [0.4, 0.5) is 32.0 Å². The number of benzene rings is 4. The number of anilines is 1. The van der Waals surface area contributed by atoms with Crippen LogP contribution < -0.4 is 19.7 Å². The van der Waals surface area contributed by atoms with Crippen LogP contribution in [-0.4, -0.2) is 114 Å². The third-order valence-electron chi connectivity index (χ3n) is 11.6. The minimum Gasteiger partial charge on any atom is -0.493 e. The van der Waals surface area contributed by atoms with E-state index < -0.39 is 23.5 Å². The molecule has 4 atom stereocenters. The number of hydrogen-bond donors (Lipinski definition) is 1.